The Morgan fingerprint density at radius 1 is 0.308 bits per heavy atom. The molecule has 143 heavy (non-hydrogen) atoms. The molecule has 7 rings (SSSR count). The summed E-state index contributed by atoms with van der Waals surface area (Å²) in [5, 5.41) is 135. The van der Waals surface area contributed by atoms with E-state index in [1.54, 1.807) is 53.7 Å². The van der Waals surface area contributed by atoms with Gasteiger partial charge in [-0.25, -0.2) is 28.8 Å². The second-order valence-corrected chi connectivity index (χ2v) is 36.8. The Balaban J connectivity index is 0.000000439. The lowest BCUT2D eigenvalue weighted by atomic mass is 9.81. The molecule has 2 aliphatic heterocycles. The third-order valence-corrected chi connectivity index (χ3v) is 25.6. The first-order valence-electron chi connectivity index (χ1n) is 48.3. The lowest BCUT2D eigenvalue weighted by Gasteiger charge is -2.33. The SMILES string of the molecule is O=C(O)CC[C@H](NC(=O)N[C@@H](CCCCNC(=O)C1CCC(CNC(=O)C(CC(=O)CN2CCN(CC(=O)O)CCN(CC(=O)O)CCN(CC(=O)O)CC2)Cc2ccc3ccccc3c2)CC1)C(=O)O)C(=O)O.O=C(O)CC[C@H](NC(=O)N[C@@H](CCCCNC(=O)C1CCC(CNC(=O)c2ccc(CCC(=O)CN3CCN(CC(=O)O)CCN(CC(=O)O)CCN(CC(=O)O)CC3)cc2)CC1)C(=O)O)C(=O)O. The third kappa shape index (κ3) is 49.0. The molecular weight excluding hydrogens is 1880 g/mol. The van der Waals surface area contributed by atoms with Gasteiger partial charge in [-0.2, -0.15) is 0 Å². The van der Waals surface area contributed by atoms with Crippen LogP contribution in [-0.2, 0) is 94.3 Å². The molecule has 8 amide bonds. The molecule has 0 bridgehead atoms. The van der Waals surface area contributed by atoms with Crippen LogP contribution in [-0.4, -0.2) is 427 Å². The number of fused-ring (bicyclic) bond motifs is 1. The normalized spacial score (nSPS) is 18.8. The molecular formula is C95H140N16O32. The zero-order chi connectivity index (χ0) is 105. The van der Waals surface area contributed by atoms with Crippen molar-refractivity contribution in [2.24, 2.45) is 29.6 Å². The van der Waals surface area contributed by atoms with E-state index in [9.17, 15) is 147 Å². The number of ketones is 2. The fourth-order valence-electron chi connectivity index (χ4n) is 17.4. The van der Waals surface area contributed by atoms with Gasteiger partial charge in [0.05, 0.1) is 52.4 Å². The van der Waals surface area contributed by atoms with Crippen molar-refractivity contribution in [3.63, 3.8) is 0 Å². The third-order valence-electron chi connectivity index (χ3n) is 25.6. The molecule has 4 aliphatic rings. The maximum Gasteiger partial charge on any atom is 0.326 e. The highest BCUT2D eigenvalue weighted by Crippen LogP contribution is 2.31. The highest BCUT2D eigenvalue weighted by molar-refractivity contribution is 5.94. The van der Waals surface area contributed by atoms with Crippen molar-refractivity contribution in [1.82, 2.24) is 81.7 Å². The molecule has 3 aromatic rings. The molecule has 0 radical (unpaired) electrons. The summed E-state index contributed by atoms with van der Waals surface area (Å²) in [6, 6.07) is 12.8. The van der Waals surface area contributed by atoms with Crippen LogP contribution in [0, 0.1) is 29.6 Å². The summed E-state index contributed by atoms with van der Waals surface area (Å²) < 4.78 is 0. The summed E-state index contributed by atoms with van der Waals surface area (Å²) in [5.41, 5.74) is 2.17. The minimum atomic E-state index is -1.53. The molecule has 48 heteroatoms. The number of aliphatic carboxylic acids is 12. The van der Waals surface area contributed by atoms with Crippen LogP contribution < -0.4 is 42.5 Å². The van der Waals surface area contributed by atoms with E-state index in [0.29, 0.717) is 115 Å². The highest BCUT2D eigenvalue weighted by atomic mass is 16.4. The average Bonchev–Trinajstić information content (AvgIpc) is 0.831. The minimum absolute atomic E-state index is 0.00925. The van der Waals surface area contributed by atoms with Crippen molar-refractivity contribution >= 4 is 130 Å². The summed E-state index contributed by atoms with van der Waals surface area (Å²) in [4.78, 5) is 256. The molecule has 5 atom stereocenters. The number of carboxylic acid groups (broad SMARTS) is 12. The molecule has 2 saturated heterocycles. The number of hydrogen-bond donors (Lipinski definition) is 20. The van der Waals surface area contributed by atoms with Gasteiger partial charge in [-0.3, -0.25) is 106 Å². The van der Waals surface area contributed by atoms with Crippen molar-refractivity contribution in [2.75, 3.05) is 183 Å². The summed E-state index contributed by atoms with van der Waals surface area (Å²) in [5.74, 6) is -16.5. The topological polar surface area (TPSA) is 706 Å². The van der Waals surface area contributed by atoms with Crippen LogP contribution in [0.5, 0.6) is 0 Å². The Morgan fingerprint density at radius 2 is 0.622 bits per heavy atom. The number of amides is 8. The Bertz CT molecular complexity index is 4680. The predicted molar refractivity (Wildman–Crippen MR) is 511 cm³/mol. The number of nitrogens with one attached hydrogen (secondary N) is 8. The van der Waals surface area contributed by atoms with Crippen molar-refractivity contribution in [2.45, 2.75) is 165 Å². The van der Waals surface area contributed by atoms with Gasteiger partial charge in [0.25, 0.3) is 5.91 Å². The molecule has 792 valence electrons. The molecule has 48 nitrogen and oxygen atoms in total. The number of benzene rings is 3. The first kappa shape index (κ1) is 119. The van der Waals surface area contributed by atoms with Crippen LogP contribution in [0.25, 0.3) is 10.8 Å². The quantitative estimate of drug-likeness (QED) is 0.0337. The minimum Gasteiger partial charge on any atom is -0.481 e. The van der Waals surface area contributed by atoms with E-state index in [4.69, 9.17) is 10.2 Å². The van der Waals surface area contributed by atoms with E-state index < -0.39 is 133 Å². The zero-order valence-corrected chi connectivity index (χ0v) is 80.5. The second-order valence-electron chi connectivity index (χ2n) is 36.8. The summed E-state index contributed by atoms with van der Waals surface area (Å²) in [6.45, 7) is 3.92. The highest BCUT2D eigenvalue weighted by Gasteiger charge is 2.34. The maximum atomic E-state index is 14.1. The number of Topliss-reactive ketones (excluding diaryl/α,β-unsaturated/α-hetero) is 2. The van der Waals surface area contributed by atoms with Crippen LogP contribution in [0.1, 0.15) is 150 Å². The Kier molecular flexibility index (Phi) is 53.0. The van der Waals surface area contributed by atoms with Gasteiger partial charge in [-0.05, 0) is 161 Å². The molecule has 2 aliphatic carbocycles. The molecule has 3 aromatic carbocycles. The number of carbonyl (C=O) groups is 20. The van der Waals surface area contributed by atoms with Gasteiger partial charge in [0.15, 0.2) is 0 Å². The number of unbranched alkanes of at least 4 members (excludes halogenated alkanes) is 2. The Morgan fingerprint density at radius 3 is 0.958 bits per heavy atom. The van der Waals surface area contributed by atoms with E-state index in [2.05, 4.69) is 42.5 Å². The van der Waals surface area contributed by atoms with Gasteiger partial charge in [0, 0.05) is 180 Å². The van der Waals surface area contributed by atoms with Crippen molar-refractivity contribution in [3.8, 4) is 0 Å². The Labute approximate surface area is 826 Å². The molecule has 0 spiro atoms. The van der Waals surface area contributed by atoms with E-state index in [1.165, 1.54) is 0 Å². The maximum absolute atomic E-state index is 14.1. The van der Waals surface area contributed by atoms with E-state index in [1.807, 2.05) is 52.3 Å². The molecule has 20 N–H and O–H groups in total. The van der Waals surface area contributed by atoms with Gasteiger partial charge < -0.3 is 104 Å². The predicted octanol–water partition coefficient (Wildman–Crippen LogP) is 0.269. The van der Waals surface area contributed by atoms with Crippen LogP contribution in [0.3, 0.4) is 0 Å². The van der Waals surface area contributed by atoms with Gasteiger partial charge >= 0.3 is 83.7 Å². The molecule has 1 unspecified atom stereocenters. The Hall–Kier alpha value is -13.0. The number of carbonyl (C=O) groups excluding carboxylic acids is 8. The smallest absolute Gasteiger partial charge is 0.326 e. The van der Waals surface area contributed by atoms with E-state index in [0.717, 1.165) is 34.7 Å². The standard InChI is InChI=1S/C50H72N8O16.C45H68N8O16/c59-39(29-55-17-19-56(30-43(62)63)21-23-58(32-45(66)67)24-22-57(20-18-55)31-44(64)65)27-38(26-34-10-11-35-5-1-2-6-37(35)25-34)47(69)52-28-33-8-12-36(13-9-33)46(68)51-16-4-3-7-40(48(70)71)53-50(74)54-41(49(72)73)14-15-42(60)61;54-34(26-50-17-19-51(27-38(57)58)21-23-53(29-40(61)62)24-22-52(20-18-50)28-39(59)60)13-8-30-4-9-33(10-5-30)42(64)47-25-31-6-11-32(12-7-31)41(63)46-16-2-1-3-35(43(65)66)48-45(69)49-36(44(67)68)14-15-37(55)56/h1-2,5-6,10-11,25,33,36,38,40-41H,3-4,7-9,12-24,26-32H2,(H,51,68)(H,52,69)(H,60,61)(H,62,63)(H,64,65)(H,66,67)(H,70,71)(H,72,73)(H2,53,54,74);4-5,9-10,31-32,35-36H,1-3,6-8,11-29H2,(H,46,63)(H,47,64)(H,55,56)(H,57,58)(H,59,60)(H,61,62)(H,65,66)(H,67,68)(H2,48,49,69)/t33?,36?,38?,40-,41-;31?,32?,35-,36-/m00/s1. The lowest BCUT2D eigenvalue weighted by molar-refractivity contribution is -0.142. The van der Waals surface area contributed by atoms with E-state index in [-0.39, 0.29) is 241 Å². The largest absolute Gasteiger partial charge is 0.481 e. The molecule has 4 fully saturated rings. The fourth-order valence-corrected chi connectivity index (χ4v) is 17.4. The van der Waals surface area contributed by atoms with Gasteiger partial charge in [-0.1, -0.05) is 54.6 Å². The van der Waals surface area contributed by atoms with Crippen LogP contribution in [0.15, 0.2) is 66.7 Å². The summed E-state index contributed by atoms with van der Waals surface area (Å²) in [6.07, 6.45) is 5.60. The number of carboxylic acids is 12. The van der Waals surface area contributed by atoms with Crippen molar-refractivity contribution in [3.05, 3.63) is 83.4 Å². The number of hydrogen-bond acceptors (Lipinski definition) is 28. The van der Waals surface area contributed by atoms with Crippen molar-refractivity contribution in [1.29, 1.82) is 0 Å². The van der Waals surface area contributed by atoms with Crippen molar-refractivity contribution < 1.29 is 157 Å². The molecule has 2 heterocycles. The first-order valence-corrected chi connectivity index (χ1v) is 48.3. The van der Waals surface area contributed by atoms with Crippen LogP contribution >= 0.6 is 0 Å². The number of rotatable bonds is 55. The van der Waals surface area contributed by atoms with Crippen LogP contribution in [0.2, 0.25) is 0 Å². The average molecular weight is 2020 g/mol. The van der Waals surface area contributed by atoms with Gasteiger partial charge in [-0.15, -0.1) is 0 Å². The number of urea groups is 2. The van der Waals surface area contributed by atoms with E-state index >= 15 is 0 Å². The summed E-state index contributed by atoms with van der Waals surface area (Å²) >= 11 is 0. The molecule has 0 aromatic heterocycles. The fraction of sp³-hybridized carbons (Fsp3) is 0.621. The number of aryl methyl sites for hydroxylation is 1. The van der Waals surface area contributed by atoms with Gasteiger partial charge in [0.2, 0.25) is 17.7 Å². The monoisotopic (exact) mass is 2020 g/mol. The van der Waals surface area contributed by atoms with Crippen LogP contribution in [0.4, 0.5) is 9.59 Å². The molecule has 2 saturated carbocycles. The zero-order valence-electron chi connectivity index (χ0n) is 80.5. The lowest BCUT2D eigenvalue weighted by Crippen LogP contribution is -2.51. The number of nitrogens with zero attached hydrogens (tertiary/aromatic N) is 8. The van der Waals surface area contributed by atoms with Gasteiger partial charge in [0.1, 0.15) is 35.7 Å². The second kappa shape index (κ2) is 63.8. The first-order chi connectivity index (χ1) is 68.0. The summed E-state index contributed by atoms with van der Waals surface area (Å²) in [7, 11) is 0.